The molecule has 2 aliphatic rings. The van der Waals surface area contributed by atoms with Crippen LogP contribution in [-0.2, 0) is 19.7 Å². The third-order valence-corrected chi connectivity index (χ3v) is 8.42. The summed E-state index contributed by atoms with van der Waals surface area (Å²) < 4.78 is 55.3. The van der Waals surface area contributed by atoms with E-state index in [1.54, 1.807) is 12.1 Å². The largest absolute Gasteiger partial charge is 0.491 e. The molecule has 0 bridgehead atoms. The first kappa shape index (κ1) is 17.7. The minimum Gasteiger partial charge on any atom is -0.491 e. The first-order valence-corrected chi connectivity index (χ1v) is 11.5. The maximum Gasteiger partial charge on any atom is 0.183 e. The van der Waals surface area contributed by atoms with Crippen molar-refractivity contribution in [2.75, 3.05) is 11.5 Å². The molecule has 24 heavy (non-hydrogen) atoms. The van der Waals surface area contributed by atoms with Crippen molar-refractivity contribution in [3.05, 3.63) is 24.3 Å². The van der Waals surface area contributed by atoms with Gasteiger partial charge in [0.15, 0.2) is 19.7 Å². The van der Waals surface area contributed by atoms with Gasteiger partial charge in [0.05, 0.1) is 27.8 Å². The summed E-state index contributed by atoms with van der Waals surface area (Å²) in [6.45, 7) is 3.78. The van der Waals surface area contributed by atoms with Crippen LogP contribution in [0.3, 0.4) is 0 Å². The predicted octanol–water partition coefficient (Wildman–Crippen LogP) is 1.17. The Hall–Kier alpha value is -1.12. The van der Waals surface area contributed by atoms with E-state index in [0.717, 1.165) is 12.8 Å². The number of nitrogens with one attached hydrogen (secondary N) is 1. The van der Waals surface area contributed by atoms with Crippen LogP contribution >= 0.6 is 0 Å². The summed E-state index contributed by atoms with van der Waals surface area (Å²) in [5.74, 6) is 0.168. The highest BCUT2D eigenvalue weighted by atomic mass is 32.2. The van der Waals surface area contributed by atoms with Gasteiger partial charge in [-0.2, -0.15) is 0 Å². The van der Waals surface area contributed by atoms with E-state index in [1.165, 1.54) is 12.1 Å². The fraction of sp³-hybridized carbons (Fsp3) is 0.625. The smallest absolute Gasteiger partial charge is 0.183 e. The highest BCUT2D eigenvalue weighted by molar-refractivity contribution is 7.96. The third kappa shape index (κ3) is 3.92. The van der Waals surface area contributed by atoms with Crippen LogP contribution in [0.5, 0.6) is 5.75 Å². The maximum atomic E-state index is 12.9. The Bertz CT molecular complexity index is 795. The topological polar surface area (TPSA) is 89.5 Å². The number of hydrogen-bond acceptors (Lipinski definition) is 6. The van der Waals surface area contributed by atoms with Crippen LogP contribution < -0.4 is 10.1 Å². The van der Waals surface area contributed by atoms with Crippen molar-refractivity contribution in [1.82, 2.24) is 5.32 Å². The molecular weight excluding hydrogens is 350 g/mol. The Morgan fingerprint density at radius 1 is 1.12 bits per heavy atom. The molecule has 1 aliphatic heterocycles. The van der Waals surface area contributed by atoms with Crippen molar-refractivity contribution < 1.29 is 21.6 Å². The van der Waals surface area contributed by atoms with Gasteiger partial charge in [-0.3, -0.25) is 0 Å². The average molecular weight is 373 g/mol. The Morgan fingerprint density at radius 3 is 2.29 bits per heavy atom. The van der Waals surface area contributed by atoms with E-state index in [1.807, 2.05) is 13.8 Å². The third-order valence-electron chi connectivity index (χ3n) is 4.25. The van der Waals surface area contributed by atoms with E-state index in [9.17, 15) is 16.8 Å². The van der Waals surface area contributed by atoms with Gasteiger partial charge in [-0.05, 0) is 51.0 Å². The molecule has 1 heterocycles. The number of hydrogen-bond donors (Lipinski definition) is 1. The first-order chi connectivity index (χ1) is 11.2. The van der Waals surface area contributed by atoms with E-state index in [0.29, 0.717) is 5.75 Å². The lowest BCUT2D eigenvalue weighted by Gasteiger charge is -2.20. The SMILES string of the molecule is CC(C)Oc1ccc(S(=O)(=O)[C@H]2CS(=O)(=O)C[C@@H]2NC2CC2)cc1. The molecule has 134 valence electrons. The molecule has 1 saturated carbocycles. The van der Waals surface area contributed by atoms with E-state index in [4.69, 9.17) is 4.74 Å². The molecule has 0 spiro atoms. The predicted molar refractivity (Wildman–Crippen MR) is 91.8 cm³/mol. The van der Waals surface area contributed by atoms with Crippen molar-refractivity contribution in [3.63, 3.8) is 0 Å². The van der Waals surface area contributed by atoms with Crippen LogP contribution in [0.1, 0.15) is 26.7 Å². The summed E-state index contributed by atoms with van der Waals surface area (Å²) in [5.41, 5.74) is 0. The van der Waals surface area contributed by atoms with Crippen LogP contribution in [0, 0.1) is 0 Å². The lowest BCUT2D eigenvalue weighted by molar-refractivity contribution is 0.242. The van der Waals surface area contributed by atoms with Gasteiger partial charge in [0.25, 0.3) is 0 Å². The summed E-state index contributed by atoms with van der Waals surface area (Å²) >= 11 is 0. The van der Waals surface area contributed by atoms with Crippen molar-refractivity contribution in [2.24, 2.45) is 0 Å². The van der Waals surface area contributed by atoms with Gasteiger partial charge in [0, 0.05) is 12.1 Å². The number of ether oxygens (including phenoxy) is 1. The van der Waals surface area contributed by atoms with Gasteiger partial charge in [-0.15, -0.1) is 0 Å². The van der Waals surface area contributed by atoms with Gasteiger partial charge >= 0.3 is 0 Å². The number of benzene rings is 1. The molecule has 0 aromatic heterocycles. The molecular formula is C16H23NO5S2. The van der Waals surface area contributed by atoms with Gasteiger partial charge in [-0.25, -0.2) is 16.8 Å². The Kier molecular flexibility index (Phi) is 4.65. The minimum absolute atomic E-state index is 0.000413. The molecule has 6 nitrogen and oxygen atoms in total. The molecule has 0 amide bonds. The fourth-order valence-electron chi connectivity index (χ4n) is 2.98. The van der Waals surface area contributed by atoms with E-state index in [2.05, 4.69) is 5.32 Å². The lowest BCUT2D eigenvalue weighted by Crippen LogP contribution is -2.44. The standard InChI is InChI=1S/C16H23NO5S2/c1-11(2)22-13-5-7-14(8-6-13)24(20,21)16-10-23(18,19)9-15(16)17-12-3-4-12/h5-8,11-12,15-17H,3-4,9-10H2,1-2H3/t15-,16-/m0/s1. The van der Waals surface area contributed by atoms with Gasteiger partial charge in [0.2, 0.25) is 0 Å². The summed E-state index contributed by atoms with van der Waals surface area (Å²) in [5, 5.41) is 2.26. The first-order valence-electron chi connectivity index (χ1n) is 8.14. The molecule has 1 N–H and O–H groups in total. The van der Waals surface area contributed by atoms with Crippen LogP contribution in [-0.4, -0.2) is 51.8 Å². The summed E-state index contributed by atoms with van der Waals surface area (Å²) in [6, 6.07) is 5.93. The average Bonchev–Trinajstić information content (AvgIpc) is 3.22. The van der Waals surface area contributed by atoms with Crippen molar-refractivity contribution in [3.8, 4) is 5.75 Å². The fourth-order valence-corrected chi connectivity index (χ4v) is 7.66. The zero-order valence-electron chi connectivity index (χ0n) is 13.8. The van der Waals surface area contributed by atoms with Crippen LogP contribution in [0.15, 0.2) is 29.2 Å². The summed E-state index contributed by atoms with van der Waals surface area (Å²) in [7, 11) is -7.06. The lowest BCUT2D eigenvalue weighted by atomic mass is 10.2. The quantitative estimate of drug-likeness (QED) is 0.805. The molecule has 3 rings (SSSR count). The molecule has 2 atom stereocenters. The second kappa shape index (κ2) is 6.31. The number of sulfone groups is 2. The van der Waals surface area contributed by atoms with Gasteiger partial charge in [0.1, 0.15) is 5.75 Å². The van der Waals surface area contributed by atoms with Gasteiger partial charge < -0.3 is 10.1 Å². The highest BCUT2D eigenvalue weighted by Crippen LogP contribution is 2.30. The maximum absolute atomic E-state index is 12.9. The Morgan fingerprint density at radius 2 is 1.75 bits per heavy atom. The second-order valence-corrected chi connectivity index (χ2v) is 11.2. The molecule has 1 aliphatic carbocycles. The van der Waals surface area contributed by atoms with Crippen molar-refractivity contribution in [1.29, 1.82) is 0 Å². The summed E-state index contributed by atoms with van der Waals surface area (Å²) in [4.78, 5) is 0.142. The van der Waals surface area contributed by atoms with Crippen LogP contribution in [0.2, 0.25) is 0 Å². The molecule has 0 unspecified atom stereocenters. The molecule has 1 aromatic rings. The zero-order valence-corrected chi connectivity index (χ0v) is 15.4. The molecule has 1 saturated heterocycles. The summed E-state index contributed by atoms with van der Waals surface area (Å²) in [6.07, 6.45) is 1.95. The molecule has 0 radical (unpaired) electrons. The Labute approximate surface area is 143 Å². The normalized spacial score (nSPS) is 26.6. The second-order valence-electron chi connectivity index (χ2n) is 6.85. The van der Waals surface area contributed by atoms with E-state index >= 15 is 0 Å². The molecule has 1 aromatic carbocycles. The van der Waals surface area contributed by atoms with Crippen LogP contribution in [0.25, 0.3) is 0 Å². The Balaban J connectivity index is 1.85. The molecule has 2 fully saturated rings. The highest BCUT2D eigenvalue weighted by Gasteiger charge is 2.47. The monoisotopic (exact) mass is 373 g/mol. The number of rotatable bonds is 6. The van der Waals surface area contributed by atoms with Gasteiger partial charge in [-0.1, -0.05) is 0 Å². The minimum atomic E-state index is -3.72. The zero-order chi connectivity index (χ0) is 17.5. The van der Waals surface area contributed by atoms with Crippen molar-refractivity contribution in [2.45, 2.75) is 55.0 Å². The van der Waals surface area contributed by atoms with E-state index < -0.39 is 31.0 Å². The molecule has 8 heteroatoms. The van der Waals surface area contributed by atoms with Crippen molar-refractivity contribution >= 4 is 19.7 Å². The van der Waals surface area contributed by atoms with E-state index in [-0.39, 0.29) is 28.5 Å². The van der Waals surface area contributed by atoms with Crippen LogP contribution in [0.4, 0.5) is 0 Å².